The van der Waals surface area contributed by atoms with Gasteiger partial charge >= 0.3 is 5.97 Å². The second kappa shape index (κ2) is 14.1. The Morgan fingerprint density at radius 3 is 2.35 bits per heavy atom. The van der Waals surface area contributed by atoms with E-state index in [1.807, 2.05) is 0 Å². The van der Waals surface area contributed by atoms with E-state index in [0.29, 0.717) is 49.2 Å². The molecule has 1 aromatic rings. The van der Waals surface area contributed by atoms with E-state index < -0.39 is 0 Å². The van der Waals surface area contributed by atoms with E-state index in [0.717, 1.165) is 56.8 Å². The van der Waals surface area contributed by atoms with Crippen LogP contribution in [0.4, 0.5) is 0 Å². The van der Waals surface area contributed by atoms with E-state index in [1.54, 1.807) is 6.92 Å². The van der Waals surface area contributed by atoms with Crippen LogP contribution in [0.5, 0.6) is 0 Å². The number of aryl methyl sites for hydroxylation is 1. The Balaban J connectivity index is 0.930. The Bertz CT molecular complexity index is 1080. The van der Waals surface area contributed by atoms with E-state index in [1.165, 1.54) is 56.1 Å². The van der Waals surface area contributed by atoms with Gasteiger partial charge in [0, 0.05) is 25.0 Å². The van der Waals surface area contributed by atoms with Gasteiger partial charge in [0.15, 0.2) is 0 Å². The molecule has 6 rings (SSSR count). The lowest BCUT2D eigenvalue weighted by Crippen LogP contribution is -2.68. The summed E-state index contributed by atoms with van der Waals surface area (Å²) < 4.78 is 12.1. The molecule has 2 saturated heterocycles. The number of piperidine rings is 1. The predicted octanol–water partition coefficient (Wildman–Crippen LogP) is 5.24. The monoisotopic (exact) mass is 593 g/mol. The molecule has 2 heterocycles. The van der Waals surface area contributed by atoms with Crippen LogP contribution in [-0.4, -0.2) is 67.2 Å². The van der Waals surface area contributed by atoms with Crippen molar-refractivity contribution in [3.63, 3.8) is 0 Å². The maximum atomic E-state index is 12.4. The number of fused-ring (bicyclic) bond motifs is 3. The molecule has 5 aliphatic rings. The van der Waals surface area contributed by atoms with Gasteiger partial charge in [-0.1, -0.05) is 29.8 Å². The fourth-order valence-electron chi connectivity index (χ4n) is 9.32. The topological polar surface area (TPSA) is 79.9 Å². The molecular weight excluding hydrogens is 538 g/mol. The highest BCUT2D eigenvalue weighted by Gasteiger charge is 2.49. The lowest BCUT2D eigenvalue weighted by molar-refractivity contribution is -0.154. The molecule has 1 aromatic carbocycles. The number of ether oxygens (including phenoxy) is 2. The van der Waals surface area contributed by atoms with Crippen LogP contribution in [0.2, 0.25) is 0 Å². The first kappa shape index (κ1) is 31.2. The summed E-state index contributed by atoms with van der Waals surface area (Å²) in [5, 5.41) is 8.02. The van der Waals surface area contributed by atoms with Gasteiger partial charge < -0.3 is 14.3 Å². The van der Waals surface area contributed by atoms with Crippen molar-refractivity contribution in [2.45, 2.75) is 116 Å². The van der Waals surface area contributed by atoms with E-state index in [2.05, 4.69) is 53.6 Å². The van der Waals surface area contributed by atoms with Gasteiger partial charge in [-0.3, -0.25) is 20.3 Å². The molecule has 7 atom stereocenters. The van der Waals surface area contributed by atoms with Gasteiger partial charge in [-0.2, -0.15) is 0 Å². The zero-order chi connectivity index (χ0) is 29.9. The van der Waals surface area contributed by atoms with Crippen molar-refractivity contribution in [2.75, 3.05) is 26.2 Å². The molecule has 5 fully saturated rings. The summed E-state index contributed by atoms with van der Waals surface area (Å²) >= 11 is 0. The Morgan fingerprint density at radius 1 is 0.884 bits per heavy atom. The van der Waals surface area contributed by atoms with Gasteiger partial charge in [0.05, 0.1) is 24.8 Å². The standard InChI is InChI=1S/C36H55N3O4/c1-23-4-6-26(7-5-23)22-43-31-9-11-32-29(21-31)8-10-33-34(37-25(3)38-35(32)33)28-12-14-39(15-13-28)16-17-42-36(41)30-19-27(20-30)18-24(2)40/h4-7,25,27-35,37-38H,8-22H2,1-3H3. The number of benzene rings is 1. The van der Waals surface area contributed by atoms with Crippen LogP contribution in [0.3, 0.4) is 0 Å². The second-order valence-corrected chi connectivity index (χ2v) is 14.8. The van der Waals surface area contributed by atoms with Gasteiger partial charge in [-0.15, -0.1) is 0 Å². The fourth-order valence-corrected chi connectivity index (χ4v) is 9.32. The number of rotatable bonds is 10. The average molecular weight is 594 g/mol. The number of carbonyl (C=O) groups excluding carboxylic acids is 2. The number of nitrogens with zero attached hydrogens (tertiary/aromatic N) is 1. The number of likely N-dealkylation sites (tertiary alicyclic amines) is 1. The van der Waals surface area contributed by atoms with Crippen molar-refractivity contribution in [1.29, 1.82) is 0 Å². The smallest absolute Gasteiger partial charge is 0.308 e. The zero-order valence-corrected chi connectivity index (χ0v) is 26.8. The normalized spacial score (nSPS) is 36.7. The molecule has 238 valence electrons. The molecule has 7 unspecified atom stereocenters. The first-order valence-corrected chi connectivity index (χ1v) is 17.4. The van der Waals surface area contributed by atoms with Gasteiger partial charge in [0.1, 0.15) is 12.4 Å². The molecule has 3 aliphatic carbocycles. The number of carbonyl (C=O) groups is 2. The molecule has 0 bridgehead atoms. The summed E-state index contributed by atoms with van der Waals surface area (Å²) in [4.78, 5) is 26.2. The summed E-state index contributed by atoms with van der Waals surface area (Å²) in [7, 11) is 0. The minimum Gasteiger partial charge on any atom is -0.464 e. The van der Waals surface area contributed by atoms with E-state index in [9.17, 15) is 9.59 Å². The predicted molar refractivity (Wildman–Crippen MR) is 168 cm³/mol. The molecular formula is C36H55N3O4. The number of hydrogen-bond donors (Lipinski definition) is 2. The third kappa shape index (κ3) is 7.71. The van der Waals surface area contributed by atoms with Crippen LogP contribution in [0.15, 0.2) is 24.3 Å². The number of hydrogen-bond acceptors (Lipinski definition) is 7. The summed E-state index contributed by atoms with van der Waals surface area (Å²) in [6.45, 7) is 10.3. The molecule has 0 radical (unpaired) electrons. The average Bonchev–Trinajstić information content (AvgIpc) is 2.98. The quantitative estimate of drug-likeness (QED) is 0.359. The van der Waals surface area contributed by atoms with Crippen molar-refractivity contribution in [3.8, 4) is 0 Å². The van der Waals surface area contributed by atoms with Crippen molar-refractivity contribution in [1.82, 2.24) is 15.5 Å². The molecule has 43 heavy (non-hydrogen) atoms. The lowest BCUT2D eigenvalue weighted by atomic mass is 9.60. The number of ketones is 1. The highest BCUT2D eigenvalue weighted by molar-refractivity contribution is 5.77. The fraction of sp³-hybridized carbons (Fsp3) is 0.778. The molecule has 2 N–H and O–H groups in total. The summed E-state index contributed by atoms with van der Waals surface area (Å²) in [5.41, 5.74) is 2.59. The first-order chi connectivity index (χ1) is 20.8. The summed E-state index contributed by atoms with van der Waals surface area (Å²) in [5.74, 6) is 3.54. The highest BCUT2D eigenvalue weighted by atomic mass is 16.5. The minimum atomic E-state index is -0.0592. The largest absolute Gasteiger partial charge is 0.464 e. The zero-order valence-electron chi connectivity index (χ0n) is 26.8. The van der Waals surface area contributed by atoms with Crippen molar-refractivity contribution < 1.29 is 19.1 Å². The van der Waals surface area contributed by atoms with E-state index in [4.69, 9.17) is 9.47 Å². The third-order valence-corrected chi connectivity index (χ3v) is 11.7. The Labute approximate surface area is 259 Å². The van der Waals surface area contributed by atoms with Gasteiger partial charge in [0.25, 0.3) is 0 Å². The van der Waals surface area contributed by atoms with Crippen LogP contribution in [0.25, 0.3) is 0 Å². The van der Waals surface area contributed by atoms with Crippen molar-refractivity contribution in [3.05, 3.63) is 35.4 Å². The Hall–Kier alpha value is -1.80. The first-order valence-electron chi connectivity index (χ1n) is 17.4. The molecule has 0 spiro atoms. The maximum absolute atomic E-state index is 12.4. The van der Waals surface area contributed by atoms with Gasteiger partial charge in [-0.05, 0) is 127 Å². The van der Waals surface area contributed by atoms with Crippen molar-refractivity contribution in [2.24, 2.45) is 35.5 Å². The highest BCUT2D eigenvalue weighted by Crippen LogP contribution is 2.47. The van der Waals surface area contributed by atoms with Crippen LogP contribution in [0.1, 0.15) is 89.2 Å². The SMILES string of the molecule is CC(=O)CC1CC(C(=O)OCCN2CCC(C3NC(C)NC4C5CCC(OCc6ccc(C)cc6)CC5CCC34)CC2)C1. The molecule has 0 aromatic heterocycles. The Morgan fingerprint density at radius 2 is 1.60 bits per heavy atom. The van der Waals surface area contributed by atoms with E-state index in [-0.39, 0.29) is 17.7 Å². The third-order valence-electron chi connectivity index (χ3n) is 11.7. The van der Waals surface area contributed by atoms with Crippen molar-refractivity contribution >= 4 is 11.8 Å². The summed E-state index contributed by atoms with van der Waals surface area (Å²) in [6, 6.07) is 9.99. The number of esters is 1. The van der Waals surface area contributed by atoms with Crippen LogP contribution >= 0.6 is 0 Å². The van der Waals surface area contributed by atoms with Crippen LogP contribution in [-0.2, 0) is 25.7 Å². The molecule has 7 nitrogen and oxygen atoms in total. The minimum absolute atomic E-state index is 0.00680. The molecule has 2 aliphatic heterocycles. The van der Waals surface area contributed by atoms with Crippen LogP contribution in [0, 0.1) is 42.4 Å². The number of Topliss-reactive ketones (excluding diaryl/α,β-unsaturated/α-hetero) is 1. The Kier molecular flexibility index (Phi) is 10.2. The molecule has 3 saturated carbocycles. The molecule has 0 amide bonds. The number of nitrogens with one attached hydrogen (secondary N) is 2. The van der Waals surface area contributed by atoms with Gasteiger partial charge in [0.2, 0.25) is 0 Å². The van der Waals surface area contributed by atoms with E-state index >= 15 is 0 Å². The van der Waals surface area contributed by atoms with Gasteiger partial charge in [-0.25, -0.2) is 0 Å². The molecule has 7 heteroatoms. The summed E-state index contributed by atoms with van der Waals surface area (Å²) in [6.07, 6.45) is 11.8. The second-order valence-electron chi connectivity index (χ2n) is 14.8. The van der Waals surface area contributed by atoms with Crippen LogP contribution < -0.4 is 10.6 Å². The lowest BCUT2D eigenvalue weighted by Gasteiger charge is -2.55. The maximum Gasteiger partial charge on any atom is 0.308 e.